The molecule has 2 aromatic carbocycles. The van der Waals surface area contributed by atoms with E-state index >= 15 is 0 Å². The summed E-state index contributed by atoms with van der Waals surface area (Å²) in [6.07, 6.45) is 1.69. The molecular weight excluding hydrogens is 332 g/mol. The number of likely N-dealkylation sites (tertiary alicyclic amines) is 1. The van der Waals surface area contributed by atoms with Crippen LogP contribution in [0.1, 0.15) is 45.2 Å². The topological polar surface area (TPSA) is 81.1 Å². The van der Waals surface area contributed by atoms with Crippen LogP contribution in [0.3, 0.4) is 0 Å². The second-order valence-corrected chi connectivity index (χ2v) is 6.68. The second-order valence-electron chi connectivity index (χ2n) is 6.68. The van der Waals surface area contributed by atoms with Gasteiger partial charge >= 0.3 is 0 Å². The molecule has 0 spiro atoms. The average Bonchev–Trinajstić information content (AvgIpc) is 3.10. The van der Waals surface area contributed by atoms with E-state index in [-0.39, 0.29) is 34.9 Å². The molecule has 1 unspecified atom stereocenters. The number of carbonyl (C=O) groups is 2. The van der Waals surface area contributed by atoms with Gasteiger partial charge in [-0.3, -0.25) is 9.59 Å². The van der Waals surface area contributed by atoms with E-state index in [1.54, 1.807) is 31.1 Å². The molecule has 6 nitrogen and oxygen atoms in total. The van der Waals surface area contributed by atoms with E-state index in [0.717, 1.165) is 18.4 Å². The van der Waals surface area contributed by atoms with Crippen molar-refractivity contribution < 1.29 is 19.8 Å². The summed E-state index contributed by atoms with van der Waals surface area (Å²) in [6.45, 7) is 0.599. The molecule has 2 amide bonds. The Balaban J connectivity index is 1.84. The molecule has 2 N–H and O–H groups in total. The highest BCUT2D eigenvalue weighted by Crippen LogP contribution is 2.35. The summed E-state index contributed by atoms with van der Waals surface area (Å²) in [7, 11) is 3.41. The zero-order valence-corrected chi connectivity index (χ0v) is 14.8. The van der Waals surface area contributed by atoms with E-state index in [0.29, 0.717) is 12.1 Å². The van der Waals surface area contributed by atoms with Gasteiger partial charge in [0.2, 0.25) is 0 Å². The Morgan fingerprint density at radius 2 is 1.77 bits per heavy atom. The first kappa shape index (κ1) is 17.8. The number of phenols is 2. The molecule has 136 valence electrons. The number of rotatable bonds is 3. The third kappa shape index (κ3) is 3.35. The van der Waals surface area contributed by atoms with Crippen LogP contribution in [0.5, 0.6) is 11.5 Å². The number of aromatic hydroxyl groups is 2. The summed E-state index contributed by atoms with van der Waals surface area (Å²) in [5, 5.41) is 19.4. The molecule has 2 aromatic rings. The SMILES string of the molecule is CN(C)C(=O)c1ccc(C2CCCN2C(=O)c2ccc(O)cc2O)cc1. The quantitative estimate of drug-likeness (QED) is 0.888. The van der Waals surface area contributed by atoms with Crippen LogP contribution in [0.2, 0.25) is 0 Å². The molecular formula is C20H22N2O4. The summed E-state index contributed by atoms with van der Waals surface area (Å²) >= 11 is 0. The molecule has 26 heavy (non-hydrogen) atoms. The summed E-state index contributed by atoms with van der Waals surface area (Å²) < 4.78 is 0. The molecule has 1 atom stereocenters. The van der Waals surface area contributed by atoms with Crippen LogP contribution in [0.15, 0.2) is 42.5 Å². The zero-order valence-electron chi connectivity index (χ0n) is 14.8. The Morgan fingerprint density at radius 3 is 2.38 bits per heavy atom. The van der Waals surface area contributed by atoms with Crippen LogP contribution in [0, 0.1) is 0 Å². The highest BCUT2D eigenvalue weighted by molar-refractivity contribution is 5.97. The van der Waals surface area contributed by atoms with Gasteiger partial charge in [-0.15, -0.1) is 0 Å². The predicted molar refractivity (Wildman–Crippen MR) is 97.2 cm³/mol. The van der Waals surface area contributed by atoms with Crippen LogP contribution >= 0.6 is 0 Å². The minimum Gasteiger partial charge on any atom is -0.508 e. The number of phenolic OH excluding ortho intramolecular Hbond substituents is 2. The molecule has 0 aliphatic carbocycles. The minimum atomic E-state index is -0.265. The maximum atomic E-state index is 12.9. The zero-order chi connectivity index (χ0) is 18.8. The Morgan fingerprint density at radius 1 is 1.08 bits per heavy atom. The van der Waals surface area contributed by atoms with Gasteiger partial charge in [-0.05, 0) is 42.7 Å². The lowest BCUT2D eigenvalue weighted by Crippen LogP contribution is -2.30. The number of nitrogens with zero attached hydrogens (tertiary/aromatic N) is 2. The van der Waals surface area contributed by atoms with Crippen molar-refractivity contribution in [2.24, 2.45) is 0 Å². The maximum Gasteiger partial charge on any atom is 0.258 e. The molecule has 1 fully saturated rings. The molecule has 0 aromatic heterocycles. The highest BCUT2D eigenvalue weighted by Gasteiger charge is 2.31. The van der Waals surface area contributed by atoms with Gasteiger partial charge in [0.1, 0.15) is 11.5 Å². The molecule has 1 heterocycles. The fraction of sp³-hybridized carbons (Fsp3) is 0.300. The summed E-state index contributed by atoms with van der Waals surface area (Å²) in [4.78, 5) is 28.1. The molecule has 1 aliphatic rings. The molecule has 6 heteroatoms. The third-order valence-electron chi connectivity index (χ3n) is 4.67. The Labute approximate surface area is 152 Å². The van der Waals surface area contributed by atoms with Crippen LogP contribution in [0.4, 0.5) is 0 Å². The fourth-order valence-electron chi connectivity index (χ4n) is 3.32. The molecule has 0 saturated carbocycles. The third-order valence-corrected chi connectivity index (χ3v) is 4.67. The molecule has 1 saturated heterocycles. The normalized spacial score (nSPS) is 16.5. The fourth-order valence-corrected chi connectivity index (χ4v) is 3.32. The van der Waals surface area contributed by atoms with E-state index in [9.17, 15) is 19.8 Å². The average molecular weight is 354 g/mol. The standard InChI is InChI=1S/C20H22N2O4/c1-21(2)19(25)14-7-5-13(6-8-14)17-4-3-11-22(17)20(26)16-10-9-15(23)12-18(16)24/h5-10,12,17,23-24H,3-4,11H2,1-2H3. The summed E-state index contributed by atoms with van der Waals surface area (Å²) in [5.74, 6) is -0.644. The van der Waals surface area contributed by atoms with Crippen molar-refractivity contribution in [3.05, 3.63) is 59.2 Å². The lowest BCUT2D eigenvalue weighted by atomic mass is 10.0. The summed E-state index contributed by atoms with van der Waals surface area (Å²) in [6, 6.07) is 11.2. The first-order valence-corrected chi connectivity index (χ1v) is 8.53. The largest absolute Gasteiger partial charge is 0.508 e. The van der Waals surface area contributed by atoms with Gasteiger partial charge in [0.25, 0.3) is 11.8 Å². The lowest BCUT2D eigenvalue weighted by Gasteiger charge is -2.25. The van der Waals surface area contributed by atoms with E-state index in [1.165, 1.54) is 23.1 Å². The number of hydrogen-bond acceptors (Lipinski definition) is 4. The Kier molecular flexibility index (Phi) is 4.84. The van der Waals surface area contributed by atoms with Crippen LogP contribution < -0.4 is 0 Å². The molecule has 1 aliphatic heterocycles. The monoisotopic (exact) mass is 354 g/mol. The summed E-state index contributed by atoms with van der Waals surface area (Å²) in [5.41, 5.74) is 1.74. The molecule has 3 rings (SSSR count). The number of benzene rings is 2. The predicted octanol–water partition coefficient (Wildman–Crippen LogP) is 2.78. The van der Waals surface area contributed by atoms with Crippen molar-refractivity contribution in [1.29, 1.82) is 0 Å². The van der Waals surface area contributed by atoms with Gasteiger partial charge in [0.05, 0.1) is 11.6 Å². The van der Waals surface area contributed by atoms with Crippen molar-refractivity contribution in [1.82, 2.24) is 9.80 Å². The number of hydrogen-bond donors (Lipinski definition) is 2. The van der Waals surface area contributed by atoms with Gasteiger partial charge in [0.15, 0.2) is 0 Å². The van der Waals surface area contributed by atoms with Crippen molar-refractivity contribution in [3.8, 4) is 11.5 Å². The van der Waals surface area contributed by atoms with Crippen LogP contribution in [-0.4, -0.2) is 52.5 Å². The van der Waals surface area contributed by atoms with Gasteiger partial charge in [0, 0.05) is 32.3 Å². The highest BCUT2D eigenvalue weighted by atomic mass is 16.3. The smallest absolute Gasteiger partial charge is 0.258 e. The van der Waals surface area contributed by atoms with Crippen LogP contribution in [0.25, 0.3) is 0 Å². The van der Waals surface area contributed by atoms with E-state index in [2.05, 4.69) is 0 Å². The second kappa shape index (κ2) is 7.07. The Bertz CT molecular complexity index is 830. The minimum absolute atomic E-state index is 0.0649. The van der Waals surface area contributed by atoms with Crippen LogP contribution in [-0.2, 0) is 0 Å². The van der Waals surface area contributed by atoms with E-state index in [1.807, 2.05) is 12.1 Å². The van der Waals surface area contributed by atoms with Crippen molar-refractivity contribution in [3.63, 3.8) is 0 Å². The molecule has 0 radical (unpaired) electrons. The lowest BCUT2D eigenvalue weighted by molar-refractivity contribution is 0.0731. The maximum absolute atomic E-state index is 12.9. The van der Waals surface area contributed by atoms with E-state index < -0.39 is 0 Å². The number of carbonyl (C=O) groups excluding carboxylic acids is 2. The van der Waals surface area contributed by atoms with Crippen molar-refractivity contribution >= 4 is 11.8 Å². The van der Waals surface area contributed by atoms with Gasteiger partial charge in [-0.1, -0.05) is 12.1 Å². The first-order valence-electron chi connectivity index (χ1n) is 8.53. The van der Waals surface area contributed by atoms with Crippen molar-refractivity contribution in [2.45, 2.75) is 18.9 Å². The van der Waals surface area contributed by atoms with Gasteiger partial charge in [-0.25, -0.2) is 0 Å². The first-order chi connectivity index (χ1) is 12.4. The molecule has 0 bridgehead atoms. The Hall–Kier alpha value is -3.02. The van der Waals surface area contributed by atoms with E-state index in [4.69, 9.17) is 0 Å². The number of amides is 2. The van der Waals surface area contributed by atoms with Gasteiger partial charge < -0.3 is 20.0 Å². The van der Waals surface area contributed by atoms with Gasteiger partial charge in [-0.2, -0.15) is 0 Å². The van der Waals surface area contributed by atoms with Crippen molar-refractivity contribution in [2.75, 3.05) is 20.6 Å².